The van der Waals surface area contributed by atoms with E-state index in [2.05, 4.69) is 4.98 Å². The number of carbonyl (C=O) groups excluding carboxylic acids is 1. The van der Waals surface area contributed by atoms with Crippen molar-refractivity contribution < 1.29 is 13.6 Å². The normalized spacial score (nSPS) is 15.7. The first-order valence-corrected chi connectivity index (χ1v) is 10.4. The molecule has 0 fully saturated rings. The molecule has 3 aromatic carbocycles. The van der Waals surface area contributed by atoms with E-state index in [1.807, 2.05) is 24.3 Å². The van der Waals surface area contributed by atoms with Crippen LogP contribution in [-0.2, 0) is 0 Å². The van der Waals surface area contributed by atoms with Gasteiger partial charge in [0.2, 0.25) is 5.76 Å². The summed E-state index contributed by atoms with van der Waals surface area (Å²) in [5.41, 5.74) is 1.05. The van der Waals surface area contributed by atoms with Crippen LogP contribution in [0.3, 0.4) is 0 Å². The Labute approximate surface area is 179 Å². The Hall–Kier alpha value is -3.84. The summed E-state index contributed by atoms with van der Waals surface area (Å²) >= 11 is 1.31. The molecule has 1 amide bonds. The van der Waals surface area contributed by atoms with Gasteiger partial charge in [-0.15, -0.1) is 0 Å². The van der Waals surface area contributed by atoms with Gasteiger partial charge in [0.05, 0.1) is 21.2 Å². The molecule has 3 heterocycles. The van der Waals surface area contributed by atoms with Crippen molar-refractivity contribution in [3.63, 3.8) is 0 Å². The third-order valence-corrected chi connectivity index (χ3v) is 6.50. The van der Waals surface area contributed by atoms with Gasteiger partial charge in [0, 0.05) is 5.56 Å². The molecule has 0 saturated carbocycles. The Bertz CT molecular complexity index is 1540. The average Bonchev–Trinajstić information content (AvgIpc) is 3.33. The van der Waals surface area contributed by atoms with Gasteiger partial charge < -0.3 is 4.42 Å². The average molecular weight is 428 g/mol. The molecule has 2 aromatic heterocycles. The molecule has 31 heavy (non-hydrogen) atoms. The van der Waals surface area contributed by atoms with Gasteiger partial charge >= 0.3 is 0 Å². The maximum absolute atomic E-state index is 14.9. The monoisotopic (exact) mass is 428 g/mol. The Morgan fingerprint density at radius 3 is 2.52 bits per heavy atom. The third kappa shape index (κ3) is 2.56. The van der Waals surface area contributed by atoms with E-state index in [1.54, 1.807) is 42.5 Å². The van der Waals surface area contributed by atoms with Crippen LogP contribution in [0.1, 0.15) is 27.7 Å². The van der Waals surface area contributed by atoms with Crippen molar-refractivity contribution in [2.45, 2.75) is 6.04 Å². The fourth-order valence-corrected chi connectivity index (χ4v) is 5.06. The number of para-hydroxylation sites is 2. The van der Waals surface area contributed by atoms with Gasteiger partial charge in [-0.05, 0) is 30.3 Å². The second-order valence-corrected chi connectivity index (χ2v) is 8.24. The lowest BCUT2D eigenvalue weighted by Gasteiger charge is -2.22. The number of nitrogens with zero attached hydrogens (tertiary/aromatic N) is 2. The predicted octanol–water partition coefficient (Wildman–Crippen LogP) is 5.29. The number of hydrogen-bond acceptors (Lipinski definition) is 5. The fraction of sp³-hybridized carbons (Fsp3) is 0.0417. The number of aromatic nitrogens is 1. The molecular weight excluding hydrogens is 415 g/mol. The molecule has 1 unspecified atom stereocenters. The number of amides is 1. The molecule has 150 valence electrons. The van der Waals surface area contributed by atoms with Crippen LogP contribution in [0.4, 0.5) is 9.52 Å². The summed E-state index contributed by atoms with van der Waals surface area (Å²) in [5.74, 6) is -1.09. The topological polar surface area (TPSA) is 63.4 Å². The van der Waals surface area contributed by atoms with E-state index in [1.165, 1.54) is 22.3 Å². The highest BCUT2D eigenvalue weighted by atomic mass is 32.1. The van der Waals surface area contributed by atoms with Gasteiger partial charge in [0.15, 0.2) is 10.6 Å². The number of hydrogen-bond donors (Lipinski definition) is 0. The minimum absolute atomic E-state index is 0.0730. The maximum Gasteiger partial charge on any atom is 0.297 e. The van der Waals surface area contributed by atoms with Crippen molar-refractivity contribution in [3.8, 4) is 0 Å². The highest BCUT2D eigenvalue weighted by molar-refractivity contribution is 7.22. The van der Waals surface area contributed by atoms with E-state index >= 15 is 0 Å². The van der Waals surface area contributed by atoms with Crippen molar-refractivity contribution >= 4 is 43.6 Å². The van der Waals surface area contributed by atoms with Crippen molar-refractivity contribution in [3.05, 3.63) is 106 Å². The first kappa shape index (κ1) is 18.0. The van der Waals surface area contributed by atoms with Crippen LogP contribution in [0.25, 0.3) is 21.2 Å². The number of fused-ring (bicyclic) bond motifs is 3. The molecule has 0 N–H and O–H groups in total. The molecule has 1 aliphatic rings. The number of thiazole rings is 1. The second-order valence-electron chi connectivity index (χ2n) is 7.23. The summed E-state index contributed by atoms with van der Waals surface area (Å²) in [4.78, 5) is 32.9. The Morgan fingerprint density at radius 2 is 1.68 bits per heavy atom. The highest BCUT2D eigenvalue weighted by Gasteiger charge is 2.45. The number of rotatable bonds is 2. The van der Waals surface area contributed by atoms with Crippen LogP contribution in [0.5, 0.6) is 0 Å². The fourth-order valence-electron chi connectivity index (χ4n) is 4.07. The number of halogens is 1. The smallest absolute Gasteiger partial charge is 0.297 e. The molecular formula is C24H13FN2O3S. The molecule has 0 aliphatic carbocycles. The van der Waals surface area contributed by atoms with Crippen molar-refractivity contribution in [1.29, 1.82) is 0 Å². The molecule has 5 nitrogen and oxygen atoms in total. The summed E-state index contributed by atoms with van der Waals surface area (Å²) < 4.78 is 21.7. The van der Waals surface area contributed by atoms with Gasteiger partial charge in [0.1, 0.15) is 17.4 Å². The van der Waals surface area contributed by atoms with Gasteiger partial charge in [-0.2, -0.15) is 0 Å². The first-order valence-electron chi connectivity index (χ1n) is 9.63. The van der Waals surface area contributed by atoms with E-state index in [-0.39, 0.29) is 22.3 Å². The van der Waals surface area contributed by atoms with Gasteiger partial charge in [-0.25, -0.2) is 9.37 Å². The van der Waals surface area contributed by atoms with Gasteiger partial charge in [0.25, 0.3) is 5.91 Å². The molecule has 1 atom stereocenters. The predicted molar refractivity (Wildman–Crippen MR) is 117 cm³/mol. The molecule has 5 aromatic rings. The lowest BCUT2D eigenvalue weighted by atomic mass is 9.98. The molecule has 0 saturated heterocycles. The van der Waals surface area contributed by atoms with Crippen LogP contribution in [-0.4, -0.2) is 10.9 Å². The molecule has 0 radical (unpaired) electrons. The Morgan fingerprint density at radius 1 is 0.935 bits per heavy atom. The maximum atomic E-state index is 14.9. The minimum atomic E-state index is -0.967. The molecule has 1 aliphatic heterocycles. The quantitative estimate of drug-likeness (QED) is 0.383. The Balaban J connectivity index is 1.68. The van der Waals surface area contributed by atoms with Crippen LogP contribution < -0.4 is 10.3 Å². The van der Waals surface area contributed by atoms with Gasteiger partial charge in [-0.3, -0.25) is 14.5 Å². The van der Waals surface area contributed by atoms with Crippen LogP contribution >= 0.6 is 11.3 Å². The SMILES string of the molecule is O=C1c2oc3ccccc3c(=O)c2C(c2ccccc2F)N1c1nc2ccccc2s1. The first-order chi connectivity index (χ1) is 15.1. The summed E-state index contributed by atoms with van der Waals surface area (Å²) in [6.07, 6.45) is 0. The van der Waals surface area contributed by atoms with Crippen molar-refractivity contribution in [2.75, 3.05) is 4.90 Å². The molecule has 6 rings (SSSR count). The summed E-state index contributed by atoms with van der Waals surface area (Å²) in [6.45, 7) is 0. The standard InChI is InChI=1S/C24H13FN2O3S/c25-15-9-3-1-7-13(15)20-19-21(28)14-8-2-5-11-17(14)30-22(19)23(29)27(20)24-26-16-10-4-6-12-18(16)31-24/h1-12,20H. The zero-order chi connectivity index (χ0) is 21.1. The third-order valence-electron chi connectivity index (χ3n) is 5.47. The second kappa shape index (κ2) is 6.58. The zero-order valence-corrected chi connectivity index (χ0v) is 16.7. The van der Waals surface area contributed by atoms with Gasteiger partial charge in [-0.1, -0.05) is 53.8 Å². The summed E-state index contributed by atoms with van der Waals surface area (Å²) in [6, 6.07) is 19.4. The van der Waals surface area contributed by atoms with E-state index in [9.17, 15) is 14.0 Å². The van der Waals surface area contributed by atoms with E-state index in [0.717, 1.165) is 10.2 Å². The summed E-state index contributed by atoms with van der Waals surface area (Å²) in [7, 11) is 0. The van der Waals surface area contributed by atoms with E-state index in [0.29, 0.717) is 16.1 Å². The largest absolute Gasteiger partial charge is 0.450 e. The lowest BCUT2D eigenvalue weighted by molar-refractivity contribution is 0.0971. The molecule has 0 bridgehead atoms. The number of anilines is 1. The number of carbonyl (C=O) groups is 1. The molecule has 0 spiro atoms. The van der Waals surface area contributed by atoms with Crippen LogP contribution in [0.15, 0.2) is 82.0 Å². The molecule has 7 heteroatoms. The van der Waals surface area contributed by atoms with Crippen molar-refractivity contribution in [1.82, 2.24) is 4.98 Å². The van der Waals surface area contributed by atoms with E-state index < -0.39 is 17.8 Å². The Kier molecular flexibility index (Phi) is 3.82. The highest BCUT2D eigenvalue weighted by Crippen LogP contribution is 2.44. The minimum Gasteiger partial charge on any atom is -0.450 e. The zero-order valence-electron chi connectivity index (χ0n) is 15.9. The lowest BCUT2D eigenvalue weighted by Crippen LogP contribution is -2.30. The van der Waals surface area contributed by atoms with Crippen LogP contribution in [0.2, 0.25) is 0 Å². The van der Waals surface area contributed by atoms with E-state index in [4.69, 9.17) is 4.42 Å². The number of benzene rings is 3. The summed E-state index contributed by atoms with van der Waals surface area (Å²) in [5, 5.41) is 0.732. The van der Waals surface area contributed by atoms with Crippen molar-refractivity contribution in [2.24, 2.45) is 0 Å². The van der Waals surface area contributed by atoms with Crippen LogP contribution in [0, 0.1) is 5.82 Å².